The summed E-state index contributed by atoms with van der Waals surface area (Å²) in [5.74, 6) is 0.413. The first-order chi connectivity index (χ1) is 8.17. The Morgan fingerprint density at radius 3 is 2.88 bits per heavy atom. The van der Waals surface area contributed by atoms with Crippen molar-refractivity contribution in [2.45, 2.75) is 32.7 Å². The minimum Gasteiger partial charge on any atom is -0.390 e. The Kier molecular flexibility index (Phi) is 3.23. The molecule has 0 saturated carbocycles. The third-order valence-corrected chi connectivity index (χ3v) is 2.83. The van der Waals surface area contributed by atoms with Gasteiger partial charge in [-0.05, 0) is 6.42 Å². The number of nitrogens with one attached hydrogen (secondary N) is 1. The fraction of sp³-hybridized carbons (Fsp3) is 0.545. The van der Waals surface area contributed by atoms with E-state index in [-0.39, 0.29) is 6.61 Å². The van der Waals surface area contributed by atoms with Gasteiger partial charge in [-0.25, -0.2) is 9.79 Å². The number of aromatic amines is 1. The Balaban J connectivity index is 2.53. The summed E-state index contributed by atoms with van der Waals surface area (Å²) in [5.41, 5.74) is 0.182. The fourth-order valence-electron chi connectivity index (χ4n) is 1.90. The van der Waals surface area contributed by atoms with Gasteiger partial charge in [0.05, 0.1) is 17.9 Å². The van der Waals surface area contributed by atoms with Crippen molar-refractivity contribution in [2.24, 2.45) is 4.99 Å². The second-order valence-corrected chi connectivity index (χ2v) is 4.08. The lowest BCUT2D eigenvalue weighted by atomic mass is 10.2. The van der Waals surface area contributed by atoms with Crippen molar-refractivity contribution in [3.05, 3.63) is 26.4 Å². The van der Waals surface area contributed by atoms with E-state index in [0.29, 0.717) is 30.1 Å². The standard InChI is InChI=1S/C11H15N3O3/c1-2-3-4-14-9-8(5-7(6-15)12-9)10(16)13-11(14)17/h15H,2-6H2,1H3,(H,13,16,17). The highest BCUT2D eigenvalue weighted by Crippen LogP contribution is 2.21. The third-order valence-electron chi connectivity index (χ3n) is 2.83. The molecule has 92 valence electrons. The summed E-state index contributed by atoms with van der Waals surface area (Å²) in [5, 5.41) is 9.03. The van der Waals surface area contributed by atoms with Crippen molar-refractivity contribution in [2.75, 3.05) is 6.61 Å². The second kappa shape index (κ2) is 4.67. The van der Waals surface area contributed by atoms with Crippen molar-refractivity contribution >= 4 is 11.5 Å². The van der Waals surface area contributed by atoms with Gasteiger partial charge in [-0.2, -0.15) is 0 Å². The molecule has 0 fully saturated rings. The van der Waals surface area contributed by atoms with Crippen LogP contribution in [0.1, 0.15) is 25.3 Å². The van der Waals surface area contributed by atoms with Crippen LogP contribution in [-0.2, 0) is 13.0 Å². The van der Waals surface area contributed by atoms with E-state index in [2.05, 4.69) is 9.98 Å². The van der Waals surface area contributed by atoms with Gasteiger partial charge in [0.15, 0.2) is 0 Å². The number of aromatic nitrogens is 2. The van der Waals surface area contributed by atoms with E-state index in [4.69, 9.17) is 5.11 Å². The maximum atomic E-state index is 11.7. The van der Waals surface area contributed by atoms with Crippen LogP contribution in [0.4, 0.5) is 5.82 Å². The predicted molar refractivity (Wildman–Crippen MR) is 64.1 cm³/mol. The highest BCUT2D eigenvalue weighted by Gasteiger charge is 2.21. The molecule has 1 aromatic rings. The van der Waals surface area contributed by atoms with E-state index in [0.717, 1.165) is 12.8 Å². The topological polar surface area (TPSA) is 87.5 Å². The quantitative estimate of drug-likeness (QED) is 0.770. The van der Waals surface area contributed by atoms with E-state index in [1.807, 2.05) is 6.92 Å². The van der Waals surface area contributed by atoms with Crippen LogP contribution >= 0.6 is 0 Å². The first-order valence-electron chi connectivity index (χ1n) is 5.70. The molecule has 0 bridgehead atoms. The van der Waals surface area contributed by atoms with Crippen LogP contribution < -0.4 is 11.2 Å². The summed E-state index contributed by atoms with van der Waals surface area (Å²) in [6.07, 6.45) is 2.13. The normalized spacial score (nSPS) is 13.6. The molecule has 0 atom stereocenters. The lowest BCUT2D eigenvalue weighted by molar-refractivity contribution is 0.356. The van der Waals surface area contributed by atoms with Crippen LogP contribution in [-0.4, -0.2) is 27.0 Å². The van der Waals surface area contributed by atoms with Crippen molar-refractivity contribution in [3.63, 3.8) is 0 Å². The molecule has 0 aromatic carbocycles. The van der Waals surface area contributed by atoms with Gasteiger partial charge in [0, 0.05) is 13.0 Å². The number of aliphatic imine (C=N–C) groups is 1. The second-order valence-electron chi connectivity index (χ2n) is 4.08. The number of fused-ring (bicyclic) bond motifs is 1. The average Bonchev–Trinajstić information content (AvgIpc) is 2.73. The number of hydrogen-bond acceptors (Lipinski definition) is 4. The van der Waals surface area contributed by atoms with Gasteiger partial charge in [-0.1, -0.05) is 13.3 Å². The summed E-state index contributed by atoms with van der Waals surface area (Å²) in [7, 11) is 0. The largest absolute Gasteiger partial charge is 0.390 e. The lowest BCUT2D eigenvalue weighted by Crippen LogP contribution is -2.31. The number of H-pyrrole nitrogens is 1. The van der Waals surface area contributed by atoms with E-state index >= 15 is 0 Å². The summed E-state index contributed by atoms with van der Waals surface area (Å²) in [6.45, 7) is 2.38. The summed E-state index contributed by atoms with van der Waals surface area (Å²) in [4.78, 5) is 29.7. The van der Waals surface area contributed by atoms with Gasteiger partial charge in [-0.15, -0.1) is 0 Å². The molecule has 6 nitrogen and oxygen atoms in total. The Hall–Kier alpha value is -1.69. The molecule has 0 unspecified atom stereocenters. The fourth-order valence-corrected chi connectivity index (χ4v) is 1.90. The van der Waals surface area contributed by atoms with E-state index < -0.39 is 11.2 Å². The molecule has 0 radical (unpaired) electrons. The number of hydrogen-bond donors (Lipinski definition) is 2. The van der Waals surface area contributed by atoms with Gasteiger partial charge in [0.1, 0.15) is 5.82 Å². The van der Waals surface area contributed by atoms with Gasteiger partial charge in [0.25, 0.3) is 5.56 Å². The maximum absolute atomic E-state index is 11.7. The molecule has 2 N–H and O–H groups in total. The molecule has 0 aliphatic carbocycles. The van der Waals surface area contributed by atoms with Gasteiger partial charge in [-0.3, -0.25) is 14.3 Å². The molecule has 2 heterocycles. The first kappa shape index (κ1) is 11.8. The first-order valence-corrected chi connectivity index (χ1v) is 5.70. The van der Waals surface area contributed by atoms with E-state index in [1.165, 1.54) is 4.57 Å². The number of rotatable bonds is 4. The van der Waals surface area contributed by atoms with Crippen LogP contribution in [0.5, 0.6) is 0 Å². The van der Waals surface area contributed by atoms with Crippen molar-refractivity contribution < 1.29 is 5.11 Å². The summed E-state index contributed by atoms with van der Waals surface area (Å²) >= 11 is 0. The molecular formula is C11H15N3O3. The lowest BCUT2D eigenvalue weighted by Gasteiger charge is -2.07. The monoisotopic (exact) mass is 237 g/mol. The molecule has 6 heteroatoms. The van der Waals surface area contributed by atoms with Crippen LogP contribution in [0.15, 0.2) is 14.6 Å². The molecule has 0 saturated heterocycles. The van der Waals surface area contributed by atoms with Crippen molar-refractivity contribution in [1.82, 2.24) is 9.55 Å². The predicted octanol–water partition coefficient (Wildman–Crippen LogP) is -0.0424. The highest BCUT2D eigenvalue weighted by molar-refractivity contribution is 5.93. The Bertz CT molecular complexity index is 568. The van der Waals surface area contributed by atoms with Crippen LogP contribution in [0, 0.1) is 0 Å². The van der Waals surface area contributed by atoms with Crippen LogP contribution in [0.2, 0.25) is 0 Å². The van der Waals surface area contributed by atoms with Gasteiger partial charge in [0.2, 0.25) is 0 Å². The Labute approximate surface area is 97.6 Å². The summed E-state index contributed by atoms with van der Waals surface area (Å²) < 4.78 is 1.48. The third kappa shape index (κ3) is 2.08. The molecule has 17 heavy (non-hydrogen) atoms. The zero-order chi connectivity index (χ0) is 12.4. The molecule has 1 aromatic heterocycles. The SMILES string of the molecule is CCCCn1c2c(c(=O)[nH]c1=O)CC(CO)=N2. The highest BCUT2D eigenvalue weighted by atomic mass is 16.3. The van der Waals surface area contributed by atoms with E-state index in [9.17, 15) is 9.59 Å². The number of aliphatic hydroxyl groups is 1. The smallest absolute Gasteiger partial charge is 0.329 e. The summed E-state index contributed by atoms with van der Waals surface area (Å²) in [6, 6.07) is 0. The Morgan fingerprint density at radius 1 is 1.47 bits per heavy atom. The molecule has 1 aliphatic heterocycles. The molecule has 0 amide bonds. The Morgan fingerprint density at radius 2 is 2.24 bits per heavy atom. The van der Waals surface area contributed by atoms with Crippen LogP contribution in [0.25, 0.3) is 0 Å². The zero-order valence-corrected chi connectivity index (χ0v) is 9.69. The van der Waals surface area contributed by atoms with Crippen molar-refractivity contribution in [1.29, 1.82) is 0 Å². The number of nitrogens with zero attached hydrogens (tertiary/aromatic N) is 2. The van der Waals surface area contributed by atoms with E-state index in [1.54, 1.807) is 0 Å². The average molecular weight is 237 g/mol. The number of unbranched alkanes of at least 4 members (excludes halogenated alkanes) is 1. The molecule has 2 rings (SSSR count). The molecular weight excluding hydrogens is 222 g/mol. The number of aliphatic hydroxyl groups excluding tert-OH is 1. The maximum Gasteiger partial charge on any atom is 0.329 e. The minimum atomic E-state index is -0.426. The minimum absolute atomic E-state index is 0.184. The van der Waals surface area contributed by atoms with Crippen molar-refractivity contribution in [3.8, 4) is 0 Å². The molecule has 0 spiro atoms. The molecule has 1 aliphatic rings. The van der Waals surface area contributed by atoms with Gasteiger partial charge >= 0.3 is 5.69 Å². The zero-order valence-electron chi connectivity index (χ0n) is 9.69. The van der Waals surface area contributed by atoms with Gasteiger partial charge < -0.3 is 5.11 Å². The van der Waals surface area contributed by atoms with Crippen LogP contribution in [0.3, 0.4) is 0 Å².